The molecular weight excluding hydrogens is 240 g/mol. The molecule has 0 saturated carbocycles. The number of hydrogen-bond acceptors (Lipinski definition) is 3. The Morgan fingerprint density at radius 2 is 1.95 bits per heavy atom. The molecule has 0 amide bonds. The van der Waals surface area contributed by atoms with Crippen LogP contribution in [0.2, 0.25) is 0 Å². The lowest BCUT2D eigenvalue weighted by atomic mass is 10.1. The van der Waals surface area contributed by atoms with Crippen molar-refractivity contribution in [2.75, 3.05) is 7.04 Å². The molecule has 0 spiro atoms. The Hall–Kier alpha value is -2.29. The minimum Gasteiger partial charge on any atom is -0.493 e. The van der Waals surface area contributed by atoms with Crippen LogP contribution in [-0.4, -0.2) is 13.3 Å². The fraction of sp³-hybridized carbons (Fsp3) is 0.188. The second-order valence-corrected chi connectivity index (χ2v) is 4.03. The van der Waals surface area contributed by atoms with Crippen LogP contribution in [0.1, 0.15) is 15.2 Å². The monoisotopic (exact) mass is 259 g/mol. The number of methoxy groups -OCH3 is 1. The molecule has 0 saturated heterocycles. The molecule has 98 valence electrons. The van der Waals surface area contributed by atoms with Crippen molar-refractivity contribution in [3.05, 3.63) is 59.7 Å². The lowest BCUT2D eigenvalue weighted by molar-refractivity contribution is -0.107. The van der Waals surface area contributed by atoms with E-state index in [0.29, 0.717) is 17.9 Å². The number of rotatable bonds is 6. The summed E-state index contributed by atoms with van der Waals surface area (Å²) in [6.45, 7) is 0.297. The zero-order valence-electron chi connectivity index (χ0n) is 13.3. The van der Waals surface area contributed by atoms with E-state index in [1.807, 2.05) is 30.3 Å². The summed E-state index contributed by atoms with van der Waals surface area (Å²) in [5.74, 6) is 0.435. The zero-order chi connectivity index (χ0) is 16.0. The van der Waals surface area contributed by atoms with Gasteiger partial charge in [0, 0.05) is 6.42 Å². The summed E-state index contributed by atoms with van der Waals surface area (Å²) in [7, 11) is -2.58. The molecule has 0 bridgehead atoms. The van der Waals surface area contributed by atoms with Crippen molar-refractivity contribution in [1.82, 2.24) is 0 Å². The average molecular weight is 259 g/mol. The summed E-state index contributed by atoms with van der Waals surface area (Å²) in [5.41, 5.74) is 1.63. The van der Waals surface area contributed by atoms with E-state index < -0.39 is 7.04 Å². The van der Waals surface area contributed by atoms with Gasteiger partial charge in [-0.05, 0) is 23.3 Å². The van der Waals surface area contributed by atoms with Crippen LogP contribution in [-0.2, 0) is 17.8 Å². The first-order chi connectivity index (χ1) is 10.5. The van der Waals surface area contributed by atoms with Crippen molar-refractivity contribution in [1.29, 1.82) is 0 Å². The molecule has 0 N–H and O–H groups in total. The topological polar surface area (TPSA) is 35.5 Å². The Bertz CT molecular complexity index is 624. The molecule has 3 nitrogen and oxygen atoms in total. The number of aldehydes is 1. The van der Waals surface area contributed by atoms with Crippen molar-refractivity contribution in [3.8, 4) is 11.5 Å². The van der Waals surface area contributed by atoms with Crippen LogP contribution < -0.4 is 9.47 Å². The maximum absolute atomic E-state index is 10.6. The van der Waals surface area contributed by atoms with Gasteiger partial charge in [-0.15, -0.1) is 0 Å². The smallest absolute Gasteiger partial charge is 0.161 e. The summed E-state index contributed by atoms with van der Waals surface area (Å²) in [6, 6.07) is 14.3. The summed E-state index contributed by atoms with van der Waals surface area (Å²) < 4.78 is 32.3. The molecule has 0 aliphatic rings. The van der Waals surface area contributed by atoms with E-state index in [9.17, 15) is 4.79 Å². The van der Waals surface area contributed by atoms with E-state index in [1.165, 1.54) is 6.07 Å². The van der Waals surface area contributed by atoms with Crippen molar-refractivity contribution < 1.29 is 18.4 Å². The molecular formula is C16H16O3. The Kier molecular flexibility index (Phi) is 3.34. The molecule has 0 heterocycles. The molecule has 0 aliphatic heterocycles. The molecule has 0 radical (unpaired) electrons. The highest BCUT2D eigenvalue weighted by molar-refractivity contribution is 5.56. The molecule has 0 aliphatic carbocycles. The van der Waals surface area contributed by atoms with Gasteiger partial charge in [-0.1, -0.05) is 36.4 Å². The van der Waals surface area contributed by atoms with Gasteiger partial charge in [-0.25, -0.2) is 0 Å². The fourth-order valence-electron chi connectivity index (χ4n) is 1.71. The third-order valence-electron chi connectivity index (χ3n) is 2.67. The number of benzene rings is 2. The molecule has 2 aromatic carbocycles. The van der Waals surface area contributed by atoms with Gasteiger partial charge in [-0.2, -0.15) is 0 Å². The van der Waals surface area contributed by atoms with Crippen molar-refractivity contribution in [2.24, 2.45) is 0 Å². The summed E-state index contributed by atoms with van der Waals surface area (Å²) in [6.07, 6.45) is 0.940. The van der Waals surface area contributed by atoms with E-state index in [0.717, 1.165) is 11.8 Å². The minimum atomic E-state index is -2.58. The van der Waals surface area contributed by atoms with Gasteiger partial charge in [0.2, 0.25) is 0 Å². The lowest BCUT2D eigenvalue weighted by Crippen LogP contribution is -1.98. The van der Waals surface area contributed by atoms with Crippen molar-refractivity contribution in [2.45, 2.75) is 13.0 Å². The van der Waals surface area contributed by atoms with Crippen molar-refractivity contribution in [3.63, 3.8) is 0 Å². The molecule has 3 heteroatoms. The molecule has 2 rings (SSSR count). The summed E-state index contributed by atoms with van der Waals surface area (Å²) >= 11 is 0. The first-order valence-corrected chi connectivity index (χ1v) is 5.90. The van der Waals surface area contributed by atoms with Gasteiger partial charge in [0.25, 0.3) is 0 Å². The van der Waals surface area contributed by atoms with E-state index in [-0.39, 0.29) is 12.2 Å². The standard InChI is InChI=1S/C16H16O3/c1-18-16-11-13(9-10-17)7-8-15(16)19-12-14-5-3-2-4-6-14/h2-8,10-11H,9,12H2,1H3/i1D3. The third-order valence-corrected chi connectivity index (χ3v) is 2.67. The summed E-state index contributed by atoms with van der Waals surface area (Å²) in [5, 5.41) is 0. The second kappa shape index (κ2) is 6.59. The Morgan fingerprint density at radius 1 is 1.11 bits per heavy atom. The van der Waals surface area contributed by atoms with E-state index >= 15 is 0 Å². The van der Waals surface area contributed by atoms with Crippen LogP contribution >= 0.6 is 0 Å². The van der Waals surface area contributed by atoms with Crippen LogP contribution in [0, 0.1) is 0 Å². The highest BCUT2D eigenvalue weighted by Gasteiger charge is 2.06. The van der Waals surface area contributed by atoms with Crippen LogP contribution in [0.5, 0.6) is 11.5 Å². The van der Waals surface area contributed by atoms with E-state index in [1.54, 1.807) is 12.1 Å². The predicted octanol–water partition coefficient (Wildman–Crippen LogP) is 3.02. The number of ether oxygens (including phenoxy) is 2. The minimum absolute atomic E-state index is 0.107. The van der Waals surface area contributed by atoms with Crippen LogP contribution in [0.25, 0.3) is 0 Å². The number of hydrogen-bond donors (Lipinski definition) is 0. The zero-order valence-corrected chi connectivity index (χ0v) is 10.3. The van der Waals surface area contributed by atoms with Crippen LogP contribution in [0.3, 0.4) is 0 Å². The first-order valence-electron chi connectivity index (χ1n) is 7.40. The summed E-state index contributed by atoms with van der Waals surface area (Å²) in [4.78, 5) is 10.6. The highest BCUT2D eigenvalue weighted by Crippen LogP contribution is 2.28. The van der Waals surface area contributed by atoms with Crippen molar-refractivity contribution >= 4 is 6.29 Å². The number of carbonyl (C=O) groups is 1. The maximum Gasteiger partial charge on any atom is 0.161 e. The average Bonchev–Trinajstić information content (AvgIpc) is 2.46. The van der Waals surface area contributed by atoms with Gasteiger partial charge < -0.3 is 14.3 Å². The highest BCUT2D eigenvalue weighted by atomic mass is 16.5. The Labute approximate surface area is 117 Å². The Morgan fingerprint density at radius 3 is 2.68 bits per heavy atom. The third kappa shape index (κ3) is 3.58. The van der Waals surface area contributed by atoms with Crippen LogP contribution in [0.15, 0.2) is 48.5 Å². The predicted molar refractivity (Wildman–Crippen MR) is 73.5 cm³/mol. The van der Waals surface area contributed by atoms with Gasteiger partial charge >= 0.3 is 0 Å². The van der Waals surface area contributed by atoms with Gasteiger partial charge in [-0.3, -0.25) is 0 Å². The van der Waals surface area contributed by atoms with Gasteiger partial charge in [0.05, 0.1) is 11.2 Å². The largest absolute Gasteiger partial charge is 0.493 e. The maximum atomic E-state index is 10.6. The quantitative estimate of drug-likeness (QED) is 0.748. The lowest BCUT2D eigenvalue weighted by Gasteiger charge is -2.11. The molecule has 19 heavy (non-hydrogen) atoms. The van der Waals surface area contributed by atoms with Gasteiger partial charge in [0.15, 0.2) is 11.5 Å². The molecule has 0 aromatic heterocycles. The van der Waals surface area contributed by atoms with Gasteiger partial charge in [0.1, 0.15) is 12.9 Å². The van der Waals surface area contributed by atoms with E-state index in [2.05, 4.69) is 0 Å². The number of carbonyl (C=O) groups excluding carboxylic acids is 1. The molecule has 2 aromatic rings. The Balaban J connectivity index is 2.19. The first kappa shape index (κ1) is 9.62. The normalized spacial score (nSPS) is 12.9. The molecule has 0 unspecified atom stereocenters. The van der Waals surface area contributed by atoms with E-state index in [4.69, 9.17) is 13.6 Å². The molecule has 0 fully saturated rings. The SMILES string of the molecule is [2H]C([2H])([2H])Oc1cc(CC=O)ccc1OCc1ccccc1. The van der Waals surface area contributed by atoms with Crippen LogP contribution in [0.4, 0.5) is 0 Å². The second-order valence-electron chi connectivity index (χ2n) is 4.03. The molecule has 0 atom stereocenters. The fourth-order valence-corrected chi connectivity index (χ4v) is 1.71.